The van der Waals surface area contributed by atoms with Gasteiger partial charge in [-0.2, -0.15) is 0 Å². The van der Waals surface area contributed by atoms with Crippen LogP contribution in [0.25, 0.3) is 0 Å². The van der Waals surface area contributed by atoms with Gasteiger partial charge in [0.2, 0.25) is 0 Å². The summed E-state index contributed by atoms with van der Waals surface area (Å²) < 4.78 is 0.764. The molecule has 0 atom stereocenters. The minimum absolute atomic E-state index is 0.305. The van der Waals surface area contributed by atoms with Gasteiger partial charge in [-0.1, -0.05) is 23.2 Å². The summed E-state index contributed by atoms with van der Waals surface area (Å²) in [6.45, 7) is 0. The van der Waals surface area contributed by atoms with E-state index in [9.17, 15) is 4.79 Å². The van der Waals surface area contributed by atoms with Crippen LogP contribution >= 0.6 is 39.1 Å². The minimum Gasteiger partial charge on any atom is -0.372 e. The summed E-state index contributed by atoms with van der Waals surface area (Å²) in [6, 6.07) is 6.70. The Hall–Kier alpha value is -1.30. The first-order chi connectivity index (χ1) is 9.51. The topological polar surface area (TPSA) is 54.0 Å². The van der Waals surface area contributed by atoms with Crippen molar-refractivity contribution in [2.24, 2.45) is 0 Å². The van der Waals surface area contributed by atoms with Crippen LogP contribution in [-0.2, 0) is 0 Å². The Morgan fingerprint density at radius 3 is 2.60 bits per heavy atom. The first-order valence-corrected chi connectivity index (χ1v) is 7.16. The van der Waals surface area contributed by atoms with E-state index in [4.69, 9.17) is 23.2 Å². The monoisotopic (exact) mass is 373 g/mol. The molecule has 0 aliphatic heterocycles. The molecule has 0 aliphatic carbocycles. The fourth-order valence-electron chi connectivity index (χ4n) is 1.52. The highest BCUT2D eigenvalue weighted by Gasteiger charge is 2.10. The molecule has 0 saturated heterocycles. The Balaban J connectivity index is 2.19. The predicted molar refractivity (Wildman–Crippen MR) is 85.9 cm³/mol. The molecule has 7 heteroatoms. The average Bonchev–Trinajstić information content (AvgIpc) is 2.42. The van der Waals surface area contributed by atoms with Gasteiger partial charge in [-0.3, -0.25) is 4.79 Å². The Morgan fingerprint density at radius 1 is 1.25 bits per heavy atom. The molecule has 0 aliphatic rings. The lowest BCUT2D eigenvalue weighted by Gasteiger charge is -2.08. The second-order valence-electron chi connectivity index (χ2n) is 3.89. The molecule has 20 heavy (non-hydrogen) atoms. The van der Waals surface area contributed by atoms with Crippen LogP contribution in [0.5, 0.6) is 0 Å². The van der Waals surface area contributed by atoms with Gasteiger partial charge in [0, 0.05) is 23.4 Å². The molecule has 2 rings (SSSR count). The molecule has 2 N–H and O–H groups in total. The van der Waals surface area contributed by atoms with E-state index >= 15 is 0 Å². The van der Waals surface area contributed by atoms with Gasteiger partial charge in [0.05, 0.1) is 15.6 Å². The largest absolute Gasteiger partial charge is 0.372 e. The summed E-state index contributed by atoms with van der Waals surface area (Å²) in [5.41, 5.74) is 0.963. The number of rotatable bonds is 3. The van der Waals surface area contributed by atoms with Gasteiger partial charge in [-0.25, -0.2) is 4.98 Å². The number of halogens is 3. The molecular weight excluding hydrogens is 365 g/mol. The molecule has 0 unspecified atom stereocenters. The van der Waals surface area contributed by atoms with E-state index in [1.54, 1.807) is 31.3 Å². The second-order valence-corrected chi connectivity index (χ2v) is 5.56. The maximum atomic E-state index is 12.1. The first-order valence-electron chi connectivity index (χ1n) is 5.61. The van der Waals surface area contributed by atoms with E-state index in [0.717, 1.165) is 4.47 Å². The lowest BCUT2D eigenvalue weighted by molar-refractivity contribution is 0.102. The Bertz CT molecular complexity index is 664. The summed E-state index contributed by atoms with van der Waals surface area (Å²) in [5.74, 6) is 0.218. The molecule has 1 aromatic carbocycles. The third-order valence-corrected chi connectivity index (χ3v) is 4.04. The number of carbonyl (C=O) groups is 1. The van der Waals surface area contributed by atoms with Crippen molar-refractivity contribution in [1.82, 2.24) is 4.98 Å². The quantitative estimate of drug-likeness (QED) is 0.834. The van der Waals surface area contributed by atoms with Crippen molar-refractivity contribution >= 4 is 56.5 Å². The number of nitrogens with one attached hydrogen (secondary N) is 2. The molecule has 0 radical (unpaired) electrons. The molecule has 1 amide bonds. The first kappa shape index (κ1) is 15.1. The zero-order chi connectivity index (χ0) is 14.7. The fraction of sp³-hybridized carbons (Fsp3) is 0.0769. The van der Waals surface area contributed by atoms with Gasteiger partial charge in [0.25, 0.3) is 5.91 Å². The third-order valence-electron chi connectivity index (χ3n) is 2.52. The number of nitrogens with zero attached hydrogens (tertiary/aromatic N) is 1. The van der Waals surface area contributed by atoms with Gasteiger partial charge >= 0.3 is 0 Å². The van der Waals surface area contributed by atoms with E-state index in [-0.39, 0.29) is 5.91 Å². The van der Waals surface area contributed by atoms with Crippen molar-refractivity contribution in [2.45, 2.75) is 0 Å². The summed E-state index contributed by atoms with van der Waals surface area (Å²) in [5, 5.41) is 6.46. The van der Waals surface area contributed by atoms with Gasteiger partial charge in [0.15, 0.2) is 0 Å². The maximum Gasteiger partial charge on any atom is 0.257 e. The van der Waals surface area contributed by atoms with E-state index in [1.165, 1.54) is 6.20 Å². The van der Waals surface area contributed by atoms with E-state index in [1.807, 2.05) is 0 Å². The highest BCUT2D eigenvalue weighted by molar-refractivity contribution is 9.10. The van der Waals surface area contributed by atoms with Crippen molar-refractivity contribution in [1.29, 1.82) is 0 Å². The number of amides is 1. The van der Waals surface area contributed by atoms with Gasteiger partial charge in [-0.15, -0.1) is 0 Å². The van der Waals surface area contributed by atoms with Crippen LogP contribution in [0, 0.1) is 0 Å². The second kappa shape index (κ2) is 6.43. The van der Waals surface area contributed by atoms with Crippen molar-refractivity contribution in [3.05, 3.63) is 50.5 Å². The van der Waals surface area contributed by atoms with E-state index in [0.29, 0.717) is 27.1 Å². The van der Waals surface area contributed by atoms with Crippen LogP contribution in [-0.4, -0.2) is 17.9 Å². The van der Waals surface area contributed by atoms with Gasteiger partial charge in [-0.05, 0) is 40.2 Å². The zero-order valence-corrected chi connectivity index (χ0v) is 13.5. The van der Waals surface area contributed by atoms with Crippen LogP contribution in [0.15, 0.2) is 34.9 Å². The molecular formula is C13H10BrCl2N3O. The molecule has 2 aromatic rings. The number of aromatic nitrogens is 1. The highest BCUT2D eigenvalue weighted by atomic mass is 79.9. The lowest BCUT2D eigenvalue weighted by atomic mass is 10.2. The molecule has 1 aromatic heterocycles. The van der Waals surface area contributed by atoms with Crippen LogP contribution in [0.4, 0.5) is 11.5 Å². The lowest BCUT2D eigenvalue weighted by Crippen LogP contribution is -2.12. The number of anilines is 2. The highest BCUT2D eigenvalue weighted by Crippen LogP contribution is 2.26. The Morgan fingerprint density at radius 2 is 2.00 bits per heavy atom. The predicted octanol–water partition coefficient (Wildman–Crippen LogP) is 4.44. The number of hydrogen-bond acceptors (Lipinski definition) is 3. The van der Waals surface area contributed by atoms with Crippen LogP contribution in [0.2, 0.25) is 10.0 Å². The molecule has 0 saturated carbocycles. The van der Waals surface area contributed by atoms with Gasteiger partial charge in [0.1, 0.15) is 5.82 Å². The molecule has 0 fully saturated rings. The Kier molecular flexibility index (Phi) is 4.86. The van der Waals surface area contributed by atoms with Crippen molar-refractivity contribution < 1.29 is 4.79 Å². The van der Waals surface area contributed by atoms with Crippen LogP contribution < -0.4 is 10.6 Å². The van der Waals surface area contributed by atoms with E-state index < -0.39 is 0 Å². The summed E-state index contributed by atoms with van der Waals surface area (Å²) in [4.78, 5) is 16.1. The van der Waals surface area contributed by atoms with Crippen molar-refractivity contribution in [2.75, 3.05) is 17.7 Å². The zero-order valence-electron chi connectivity index (χ0n) is 10.4. The SMILES string of the molecule is CNc1ncc(C(=O)Nc2ccc(Br)c(Cl)c2)cc1Cl. The van der Waals surface area contributed by atoms with Gasteiger partial charge < -0.3 is 10.6 Å². The molecule has 1 heterocycles. The third kappa shape index (κ3) is 3.42. The van der Waals surface area contributed by atoms with Crippen LogP contribution in [0.3, 0.4) is 0 Å². The summed E-state index contributed by atoms with van der Waals surface area (Å²) in [6.07, 6.45) is 1.45. The maximum absolute atomic E-state index is 12.1. The smallest absolute Gasteiger partial charge is 0.257 e. The van der Waals surface area contributed by atoms with Crippen molar-refractivity contribution in [3.63, 3.8) is 0 Å². The molecule has 4 nitrogen and oxygen atoms in total. The molecule has 104 valence electrons. The average molecular weight is 375 g/mol. The minimum atomic E-state index is -0.305. The Labute approximate surface area is 134 Å². The van der Waals surface area contributed by atoms with Crippen LogP contribution in [0.1, 0.15) is 10.4 Å². The number of benzene rings is 1. The summed E-state index contributed by atoms with van der Waals surface area (Å²) in [7, 11) is 1.71. The molecule has 0 bridgehead atoms. The summed E-state index contributed by atoms with van der Waals surface area (Å²) >= 11 is 15.2. The fourth-order valence-corrected chi connectivity index (χ4v) is 2.21. The van der Waals surface area contributed by atoms with E-state index in [2.05, 4.69) is 31.5 Å². The normalized spacial score (nSPS) is 10.2. The number of hydrogen-bond donors (Lipinski definition) is 2. The number of carbonyl (C=O) groups excluding carboxylic acids is 1. The standard InChI is InChI=1S/C13H10BrCl2N3O/c1-17-12-11(16)4-7(6-18-12)13(20)19-8-2-3-9(14)10(15)5-8/h2-6H,1H3,(H,17,18)(H,19,20). The number of pyridine rings is 1. The molecule has 0 spiro atoms. The van der Waals surface area contributed by atoms with Crippen molar-refractivity contribution in [3.8, 4) is 0 Å².